The lowest BCUT2D eigenvalue weighted by Gasteiger charge is -2.34. The number of benzene rings is 3. The first-order chi connectivity index (χ1) is 19.3. The molecule has 41 heavy (non-hydrogen) atoms. The van der Waals surface area contributed by atoms with Gasteiger partial charge >= 0.3 is 0 Å². The summed E-state index contributed by atoms with van der Waals surface area (Å²) < 4.78 is 27.6. The van der Waals surface area contributed by atoms with Crippen molar-refractivity contribution in [2.45, 2.75) is 45.3 Å². The second-order valence-electron chi connectivity index (χ2n) is 9.66. The fraction of sp³-hybridized carbons (Fsp3) is 0.310. The predicted molar refractivity (Wildman–Crippen MR) is 170 cm³/mol. The molecule has 0 aliphatic rings. The Bertz CT molecular complexity index is 1470. The standard InChI is InChI=1S/C29H31BrCl3N3O4S/c1-4-19(2)34-29(38)27(14-20-8-6-5-7-9-20)35(17-21-10-12-22(30)13-11-21)28(37)18-36(41(3,39)40)26-16-24(32)23(31)15-25(26)33/h5-13,15-16,19,27H,4,14,17-18H2,1-3H3,(H,34,38). The van der Waals surface area contributed by atoms with Crippen LogP contribution >= 0.6 is 50.7 Å². The number of rotatable bonds is 12. The van der Waals surface area contributed by atoms with E-state index in [9.17, 15) is 18.0 Å². The van der Waals surface area contributed by atoms with Crippen molar-refractivity contribution in [3.8, 4) is 0 Å². The molecule has 0 heterocycles. The average Bonchev–Trinajstić information content (AvgIpc) is 2.92. The van der Waals surface area contributed by atoms with Crippen LogP contribution in [-0.4, -0.2) is 50.0 Å². The van der Waals surface area contributed by atoms with E-state index in [0.717, 1.165) is 26.2 Å². The van der Waals surface area contributed by atoms with Gasteiger partial charge in [0.15, 0.2) is 0 Å². The van der Waals surface area contributed by atoms with E-state index in [1.165, 1.54) is 17.0 Å². The fourth-order valence-corrected chi connectivity index (χ4v) is 5.89. The lowest BCUT2D eigenvalue weighted by molar-refractivity contribution is -0.140. The summed E-state index contributed by atoms with van der Waals surface area (Å²) in [6, 6.07) is 18.2. The van der Waals surface area contributed by atoms with E-state index in [0.29, 0.717) is 6.42 Å². The van der Waals surface area contributed by atoms with Gasteiger partial charge in [-0.3, -0.25) is 13.9 Å². The molecular weight excluding hydrogens is 673 g/mol. The van der Waals surface area contributed by atoms with Crippen LogP contribution in [0.3, 0.4) is 0 Å². The second kappa shape index (κ2) is 14.7. The molecule has 3 aromatic carbocycles. The Kier molecular flexibility index (Phi) is 11.9. The molecule has 0 aromatic heterocycles. The van der Waals surface area contributed by atoms with Gasteiger partial charge in [0.05, 0.1) is 27.0 Å². The number of halogens is 4. The van der Waals surface area contributed by atoms with Crippen LogP contribution in [0.4, 0.5) is 5.69 Å². The first kappa shape index (κ1) is 33.2. The molecule has 0 aliphatic carbocycles. The topological polar surface area (TPSA) is 86.8 Å². The number of carbonyl (C=O) groups is 2. The van der Waals surface area contributed by atoms with Crippen LogP contribution in [0.15, 0.2) is 71.2 Å². The molecule has 3 rings (SSSR count). The Hall–Kier alpha value is -2.30. The SMILES string of the molecule is CCC(C)NC(=O)C(Cc1ccccc1)N(Cc1ccc(Br)cc1)C(=O)CN(c1cc(Cl)c(Cl)cc1Cl)S(C)(=O)=O. The predicted octanol–water partition coefficient (Wildman–Crippen LogP) is 6.73. The van der Waals surface area contributed by atoms with Crippen LogP contribution in [0.5, 0.6) is 0 Å². The Labute approximate surface area is 264 Å². The van der Waals surface area contributed by atoms with Crippen LogP contribution < -0.4 is 9.62 Å². The highest BCUT2D eigenvalue weighted by Crippen LogP contribution is 2.35. The molecule has 2 unspecified atom stereocenters. The maximum absolute atomic E-state index is 14.1. The molecule has 7 nitrogen and oxygen atoms in total. The molecule has 0 fully saturated rings. The molecule has 2 atom stereocenters. The van der Waals surface area contributed by atoms with Gasteiger partial charge in [-0.25, -0.2) is 8.42 Å². The molecular formula is C29H31BrCl3N3O4S. The number of hydrogen-bond donors (Lipinski definition) is 1. The van der Waals surface area contributed by atoms with Gasteiger partial charge in [0.1, 0.15) is 12.6 Å². The quantitative estimate of drug-likeness (QED) is 0.212. The number of amides is 2. The normalized spacial score (nSPS) is 12.9. The largest absolute Gasteiger partial charge is 0.352 e. The van der Waals surface area contributed by atoms with Gasteiger partial charge in [0.25, 0.3) is 0 Å². The van der Waals surface area contributed by atoms with E-state index >= 15 is 0 Å². The third-order valence-electron chi connectivity index (χ3n) is 6.48. The van der Waals surface area contributed by atoms with Crippen molar-refractivity contribution in [3.63, 3.8) is 0 Å². The summed E-state index contributed by atoms with van der Waals surface area (Å²) in [7, 11) is -4.01. The Balaban J connectivity index is 2.09. The molecule has 0 saturated carbocycles. The Morgan fingerprint density at radius 2 is 1.54 bits per heavy atom. The zero-order chi connectivity index (χ0) is 30.3. The number of nitrogens with one attached hydrogen (secondary N) is 1. The molecule has 220 valence electrons. The van der Waals surface area contributed by atoms with Crippen molar-refractivity contribution >= 4 is 78.3 Å². The molecule has 0 saturated heterocycles. The number of carbonyl (C=O) groups excluding carboxylic acids is 2. The summed E-state index contributed by atoms with van der Waals surface area (Å²) in [6.45, 7) is 3.28. The second-order valence-corrected chi connectivity index (χ2v) is 13.7. The number of nitrogens with zero attached hydrogens (tertiary/aromatic N) is 2. The molecule has 3 aromatic rings. The summed E-state index contributed by atoms with van der Waals surface area (Å²) in [5, 5.41) is 3.22. The van der Waals surface area contributed by atoms with Crippen LogP contribution in [0, 0.1) is 0 Å². The summed E-state index contributed by atoms with van der Waals surface area (Å²) in [6.07, 6.45) is 1.88. The lowest BCUT2D eigenvalue weighted by Crippen LogP contribution is -2.54. The maximum Gasteiger partial charge on any atom is 0.244 e. The van der Waals surface area contributed by atoms with Crippen LogP contribution in [0.25, 0.3) is 0 Å². The monoisotopic (exact) mass is 701 g/mol. The zero-order valence-corrected chi connectivity index (χ0v) is 27.5. The number of hydrogen-bond acceptors (Lipinski definition) is 4. The zero-order valence-electron chi connectivity index (χ0n) is 22.8. The summed E-state index contributed by atoms with van der Waals surface area (Å²) in [5.74, 6) is -0.937. The summed E-state index contributed by atoms with van der Waals surface area (Å²) in [4.78, 5) is 29.2. The van der Waals surface area contributed by atoms with Crippen molar-refractivity contribution in [3.05, 3.63) is 97.4 Å². The van der Waals surface area contributed by atoms with Gasteiger partial charge in [0, 0.05) is 23.5 Å². The van der Waals surface area contributed by atoms with Crippen molar-refractivity contribution in [1.82, 2.24) is 10.2 Å². The molecule has 2 amide bonds. The highest BCUT2D eigenvalue weighted by Gasteiger charge is 2.34. The molecule has 12 heteroatoms. The van der Waals surface area contributed by atoms with Crippen molar-refractivity contribution in [2.24, 2.45) is 0 Å². The van der Waals surface area contributed by atoms with Crippen LogP contribution in [-0.2, 0) is 32.6 Å². The van der Waals surface area contributed by atoms with Gasteiger partial charge in [0.2, 0.25) is 21.8 Å². The summed E-state index contributed by atoms with van der Waals surface area (Å²) in [5.41, 5.74) is 1.61. The van der Waals surface area contributed by atoms with Gasteiger partial charge in [-0.1, -0.05) is 100 Å². The van der Waals surface area contributed by atoms with Crippen LogP contribution in [0.2, 0.25) is 15.1 Å². The lowest BCUT2D eigenvalue weighted by atomic mass is 10.0. The minimum atomic E-state index is -4.01. The van der Waals surface area contributed by atoms with Gasteiger partial charge in [-0.15, -0.1) is 0 Å². The van der Waals surface area contributed by atoms with E-state index in [1.807, 2.05) is 68.4 Å². The Morgan fingerprint density at radius 3 is 2.12 bits per heavy atom. The van der Waals surface area contributed by atoms with Crippen LogP contribution in [0.1, 0.15) is 31.4 Å². The van der Waals surface area contributed by atoms with Crippen molar-refractivity contribution < 1.29 is 18.0 Å². The average molecular weight is 704 g/mol. The Morgan fingerprint density at radius 1 is 0.927 bits per heavy atom. The van der Waals surface area contributed by atoms with E-state index in [2.05, 4.69) is 21.2 Å². The van der Waals surface area contributed by atoms with Gasteiger partial charge in [-0.05, 0) is 48.7 Å². The third kappa shape index (κ3) is 9.35. The molecule has 0 bridgehead atoms. The summed E-state index contributed by atoms with van der Waals surface area (Å²) >= 11 is 22.0. The first-order valence-corrected chi connectivity index (χ1v) is 16.6. The first-order valence-electron chi connectivity index (χ1n) is 12.8. The highest BCUT2D eigenvalue weighted by molar-refractivity contribution is 9.10. The smallest absolute Gasteiger partial charge is 0.244 e. The molecule has 1 N–H and O–H groups in total. The fourth-order valence-electron chi connectivity index (χ4n) is 4.08. The third-order valence-corrected chi connectivity index (χ3v) is 9.16. The minimum Gasteiger partial charge on any atom is -0.352 e. The van der Waals surface area contributed by atoms with E-state index in [4.69, 9.17) is 34.8 Å². The molecule has 0 spiro atoms. The van der Waals surface area contributed by atoms with Crippen molar-refractivity contribution in [2.75, 3.05) is 17.1 Å². The van der Waals surface area contributed by atoms with E-state index in [-0.39, 0.29) is 45.7 Å². The number of sulfonamides is 1. The van der Waals surface area contributed by atoms with Crippen molar-refractivity contribution in [1.29, 1.82) is 0 Å². The number of anilines is 1. The van der Waals surface area contributed by atoms with Gasteiger partial charge in [-0.2, -0.15) is 0 Å². The van der Waals surface area contributed by atoms with E-state index in [1.54, 1.807) is 0 Å². The minimum absolute atomic E-state index is 0.00387. The maximum atomic E-state index is 14.1. The molecule has 0 radical (unpaired) electrons. The highest BCUT2D eigenvalue weighted by atomic mass is 79.9. The van der Waals surface area contributed by atoms with E-state index < -0.39 is 28.5 Å². The van der Waals surface area contributed by atoms with Gasteiger partial charge < -0.3 is 10.2 Å². The molecule has 0 aliphatic heterocycles.